The van der Waals surface area contributed by atoms with Gasteiger partial charge in [0.05, 0.1) is 22.8 Å². The van der Waals surface area contributed by atoms with Crippen LogP contribution in [0, 0.1) is 11.7 Å². The lowest BCUT2D eigenvalue weighted by Gasteiger charge is -2.54. The minimum absolute atomic E-state index is 0.0308. The van der Waals surface area contributed by atoms with E-state index < -0.39 is 32.2 Å². The molecule has 13 heteroatoms. The first-order chi connectivity index (χ1) is 17.1. The Balaban J connectivity index is 1.13. The van der Waals surface area contributed by atoms with E-state index in [1.165, 1.54) is 23.4 Å². The molecule has 5 rings (SSSR count). The number of aromatic nitrogens is 2. The van der Waals surface area contributed by atoms with Crippen molar-refractivity contribution in [3.05, 3.63) is 46.8 Å². The van der Waals surface area contributed by atoms with Crippen molar-refractivity contribution >= 4 is 44.8 Å². The molecule has 10 nitrogen and oxygen atoms in total. The molecule has 2 aromatic rings. The summed E-state index contributed by atoms with van der Waals surface area (Å²) in [6.45, 7) is 0.257. The minimum atomic E-state index is -3.15. The molecule has 3 heterocycles. The van der Waals surface area contributed by atoms with Crippen LogP contribution in [0.5, 0.6) is 0 Å². The number of halogens is 2. The van der Waals surface area contributed by atoms with E-state index in [0.29, 0.717) is 37.8 Å². The number of amides is 3. The number of nitrogens with one attached hydrogen (secondary N) is 3. The first-order valence-corrected chi connectivity index (χ1v) is 13.7. The van der Waals surface area contributed by atoms with Crippen LogP contribution in [0.2, 0.25) is 5.02 Å². The fourth-order valence-electron chi connectivity index (χ4n) is 5.07. The average Bonchev–Trinajstić information content (AvgIpc) is 3.30. The second-order valence-corrected chi connectivity index (χ2v) is 12.6. The number of hydrogen-bond acceptors (Lipinski definition) is 6. The Kier molecular flexibility index (Phi) is 6.27. The van der Waals surface area contributed by atoms with Gasteiger partial charge >= 0.3 is 0 Å². The molecule has 1 aromatic carbocycles. The van der Waals surface area contributed by atoms with Crippen molar-refractivity contribution in [1.29, 1.82) is 0 Å². The molecule has 1 aliphatic carbocycles. The molecule has 36 heavy (non-hydrogen) atoms. The lowest BCUT2D eigenvalue weighted by Crippen LogP contribution is -2.72. The average molecular weight is 538 g/mol. The highest BCUT2D eigenvalue weighted by Gasteiger charge is 2.61. The van der Waals surface area contributed by atoms with Gasteiger partial charge in [-0.3, -0.25) is 14.4 Å². The zero-order valence-corrected chi connectivity index (χ0v) is 20.8. The van der Waals surface area contributed by atoms with Crippen molar-refractivity contribution in [3.63, 3.8) is 0 Å². The van der Waals surface area contributed by atoms with E-state index >= 15 is 0 Å². The summed E-state index contributed by atoms with van der Waals surface area (Å²) in [5.74, 6) is -1.78. The molecule has 0 atom stereocenters. The third kappa shape index (κ3) is 4.36. The van der Waals surface area contributed by atoms with Gasteiger partial charge in [0.1, 0.15) is 16.3 Å². The maximum absolute atomic E-state index is 13.2. The van der Waals surface area contributed by atoms with Crippen LogP contribution in [0.3, 0.4) is 0 Å². The first kappa shape index (κ1) is 24.7. The highest BCUT2D eigenvalue weighted by molar-refractivity contribution is 7.94. The molecular formula is C23H25ClFN5O5S. The molecule has 1 spiro atoms. The number of carbonyl (C=O) groups excluding carboxylic acids is 3. The van der Waals surface area contributed by atoms with E-state index in [9.17, 15) is 27.2 Å². The molecule has 3 N–H and O–H groups in total. The van der Waals surface area contributed by atoms with Crippen molar-refractivity contribution in [3.8, 4) is 0 Å². The van der Waals surface area contributed by atoms with Gasteiger partial charge in [0.25, 0.3) is 11.8 Å². The molecular weight excluding hydrogens is 513 g/mol. The van der Waals surface area contributed by atoms with Crippen molar-refractivity contribution < 1.29 is 27.2 Å². The van der Waals surface area contributed by atoms with Gasteiger partial charge in [0.2, 0.25) is 5.91 Å². The maximum Gasteiger partial charge on any atom is 0.272 e. The molecule has 0 bridgehead atoms. The van der Waals surface area contributed by atoms with Crippen LogP contribution in [-0.4, -0.2) is 70.6 Å². The number of aromatic amines is 1. The zero-order valence-electron chi connectivity index (χ0n) is 19.2. The minimum Gasteiger partial charge on any atom is -0.348 e. The summed E-state index contributed by atoms with van der Waals surface area (Å²) in [4.78, 5) is 46.5. The Labute approximate surface area is 211 Å². The van der Waals surface area contributed by atoms with Gasteiger partial charge in [-0.1, -0.05) is 11.6 Å². The monoisotopic (exact) mass is 537 g/mol. The molecule has 1 saturated carbocycles. The maximum atomic E-state index is 13.2. The quantitative estimate of drug-likeness (QED) is 0.533. The van der Waals surface area contributed by atoms with E-state index in [1.54, 1.807) is 0 Å². The van der Waals surface area contributed by atoms with Crippen molar-refractivity contribution in [1.82, 2.24) is 20.2 Å². The fraction of sp³-hybridized carbons (Fsp3) is 0.478. The summed E-state index contributed by atoms with van der Waals surface area (Å²) in [7, 11) is -3.15. The number of likely N-dealkylation sites (tertiary alicyclic amines) is 1. The molecule has 3 aliphatic rings. The third-order valence-corrected chi connectivity index (χ3v) is 10.3. The van der Waals surface area contributed by atoms with Crippen LogP contribution in [0.25, 0.3) is 0 Å². The molecule has 192 valence electrons. The predicted molar refractivity (Wildman–Crippen MR) is 129 cm³/mol. The molecule has 0 unspecified atom stereocenters. The van der Waals surface area contributed by atoms with E-state index in [1.807, 2.05) is 0 Å². The largest absolute Gasteiger partial charge is 0.348 e. The van der Waals surface area contributed by atoms with Gasteiger partial charge in [-0.25, -0.2) is 17.8 Å². The SMILES string of the molecule is O=C(NC1CCC(C(=O)Nc2ccc(F)cc2Cl)CC1)c1nc[nH]c1C(=O)N1CC2(CCS2(=O)=O)C1. The summed E-state index contributed by atoms with van der Waals surface area (Å²) in [6, 6.07) is 3.57. The number of rotatable bonds is 5. The Morgan fingerprint density at radius 2 is 1.89 bits per heavy atom. The smallest absolute Gasteiger partial charge is 0.272 e. The molecule has 3 amide bonds. The number of H-pyrrole nitrogens is 1. The standard InChI is InChI=1S/C23H25ClFN5O5S/c24-16-9-14(25)3-6-17(16)29-20(31)13-1-4-15(5-2-13)28-21(32)18-19(27-12-26-18)22(33)30-10-23(11-30)7-8-36(23,34)35/h3,6,9,12-13,15H,1-2,4-5,7-8,10-11H2,(H,26,27)(H,28,32)(H,29,31). The highest BCUT2D eigenvalue weighted by atomic mass is 35.5. The second kappa shape index (κ2) is 9.15. The van der Waals surface area contributed by atoms with Gasteiger partial charge in [0.15, 0.2) is 15.5 Å². The molecule has 2 saturated heterocycles. The van der Waals surface area contributed by atoms with E-state index in [4.69, 9.17) is 11.6 Å². The number of sulfone groups is 1. The number of benzene rings is 1. The highest BCUT2D eigenvalue weighted by Crippen LogP contribution is 2.42. The number of carbonyl (C=O) groups is 3. The Morgan fingerprint density at radius 1 is 1.17 bits per heavy atom. The van der Waals surface area contributed by atoms with Crippen LogP contribution < -0.4 is 10.6 Å². The van der Waals surface area contributed by atoms with Crippen molar-refractivity contribution in [2.45, 2.75) is 42.9 Å². The van der Waals surface area contributed by atoms with E-state index in [2.05, 4.69) is 20.6 Å². The first-order valence-electron chi connectivity index (χ1n) is 11.7. The topological polar surface area (TPSA) is 141 Å². The Morgan fingerprint density at radius 3 is 2.50 bits per heavy atom. The van der Waals surface area contributed by atoms with Gasteiger partial charge < -0.3 is 20.5 Å². The van der Waals surface area contributed by atoms with Crippen LogP contribution in [0.1, 0.15) is 53.1 Å². The van der Waals surface area contributed by atoms with Gasteiger partial charge in [0, 0.05) is 25.0 Å². The van der Waals surface area contributed by atoms with Crippen LogP contribution in [0.15, 0.2) is 24.5 Å². The summed E-state index contributed by atoms with van der Waals surface area (Å²) in [6.07, 6.45) is 3.99. The fourth-order valence-corrected chi connectivity index (χ4v) is 7.11. The Hall–Kier alpha value is -2.99. The normalized spacial score (nSPS) is 23.9. The lowest BCUT2D eigenvalue weighted by molar-refractivity contribution is -0.120. The number of hydrogen-bond donors (Lipinski definition) is 3. The van der Waals surface area contributed by atoms with Gasteiger partial charge in [-0.2, -0.15) is 0 Å². The van der Waals surface area contributed by atoms with E-state index in [-0.39, 0.29) is 53.1 Å². The predicted octanol–water partition coefficient (Wildman–Crippen LogP) is 2.14. The summed E-state index contributed by atoms with van der Waals surface area (Å²) in [5, 5.41) is 5.73. The number of anilines is 1. The van der Waals surface area contributed by atoms with Gasteiger partial charge in [-0.15, -0.1) is 0 Å². The molecule has 1 aromatic heterocycles. The second-order valence-electron chi connectivity index (χ2n) is 9.67. The molecule has 2 aliphatic heterocycles. The summed E-state index contributed by atoms with van der Waals surface area (Å²) < 4.78 is 36.4. The van der Waals surface area contributed by atoms with Gasteiger partial charge in [-0.05, 0) is 50.3 Å². The number of nitrogens with zero attached hydrogens (tertiary/aromatic N) is 2. The third-order valence-electron chi connectivity index (χ3n) is 7.42. The Bertz CT molecular complexity index is 1330. The lowest BCUT2D eigenvalue weighted by atomic mass is 9.85. The van der Waals surface area contributed by atoms with Crippen LogP contribution >= 0.6 is 11.6 Å². The number of imidazole rings is 1. The van der Waals surface area contributed by atoms with E-state index in [0.717, 1.165) is 6.07 Å². The van der Waals surface area contributed by atoms with Crippen molar-refractivity contribution in [2.75, 3.05) is 24.2 Å². The molecule has 0 radical (unpaired) electrons. The zero-order chi connectivity index (χ0) is 25.7. The van der Waals surface area contributed by atoms with Crippen LogP contribution in [0.4, 0.5) is 10.1 Å². The van der Waals surface area contributed by atoms with Crippen LogP contribution in [-0.2, 0) is 14.6 Å². The van der Waals surface area contributed by atoms with Crippen molar-refractivity contribution in [2.24, 2.45) is 5.92 Å². The molecule has 3 fully saturated rings. The summed E-state index contributed by atoms with van der Waals surface area (Å²) in [5.41, 5.74) is 0.337. The summed E-state index contributed by atoms with van der Waals surface area (Å²) >= 11 is 5.98.